The first-order valence-electron chi connectivity index (χ1n) is 11.7. The van der Waals surface area contributed by atoms with Crippen LogP contribution in [0.4, 0.5) is 32.0 Å². The van der Waals surface area contributed by atoms with Crippen molar-refractivity contribution in [2.45, 2.75) is 59.3 Å². The largest absolute Gasteiger partial charge is 0.573 e. The van der Waals surface area contributed by atoms with Gasteiger partial charge in [0.15, 0.2) is 0 Å². The van der Waals surface area contributed by atoms with E-state index in [1.165, 1.54) is 36.4 Å². The molecule has 1 atom stereocenters. The molecule has 196 valence electrons. The van der Waals surface area contributed by atoms with Gasteiger partial charge in [0, 0.05) is 5.69 Å². The zero-order valence-corrected chi connectivity index (χ0v) is 20.4. The summed E-state index contributed by atoms with van der Waals surface area (Å²) in [6, 6.07) is 16.7. The molecule has 1 N–H and O–H groups in total. The molecule has 3 aromatic carbocycles. The van der Waals surface area contributed by atoms with E-state index in [0.717, 1.165) is 16.8 Å². The molecule has 1 aliphatic rings. The number of halogens is 6. The Morgan fingerprint density at radius 2 is 1.28 bits per heavy atom. The van der Waals surface area contributed by atoms with Crippen LogP contribution in [-0.4, -0.2) is 12.7 Å². The van der Waals surface area contributed by atoms with Crippen LogP contribution >= 0.6 is 0 Å². The molecule has 1 heterocycles. The number of hydrogen-bond acceptors (Lipinski definition) is 3. The van der Waals surface area contributed by atoms with Crippen molar-refractivity contribution in [2.24, 2.45) is 0 Å². The number of hydrogen-bond donors (Lipinski definition) is 1. The molecule has 0 spiro atoms. The molecule has 0 radical (unpaired) electrons. The second kappa shape index (κ2) is 12.6. The highest BCUT2D eigenvalue weighted by atomic mass is 19.4. The quantitative estimate of drug-likeness (QED) is 0.353. The highest BCUT2D eigenvalue weighted by molar-refractivity contribution is 5.76. The highest BCUT2D eigenvalue weighted by Gasteiger charge is 2.32. The van der Waals surface area contributed by atoms with Crippen LogP contribution in [0.15, 0.2) is 66.7 Å². The molecule has 1 unspecified atom stereocenters. The molecule has 0 aromatic heterocycles. The Kier molecular flexibility index (Phi) is 10.1. The Labute approximate surface area is 207 Å². The predicted molar refractivity (Wildman–Crippen MR) is 129 cm³/mol. The topological polar surface area (TPSA) is 30.5 Å². The summed E-state index contributed by atoms with van der Waals surface area (Å²) in [7, 11) is 0. The van der Waals surface area contributed by atoms with Crippen LogP contribution in [0.2, 0.25) is 0 Å². The van der Waals surface area contributed by atoms with Crippen LogP contribution in [0, 0.1) is 0 Å². The van der Waals surface area contributed by atoms with Crippen molar-refractivity contribution in [3.8, 4) is 22.6 Å². The smallest absolute Gasteiger partial charge is 0.406 e. The summed E-state index contributed by atoms with van der Waals surface area (Å²) in [6.45, 7) is 8.00. The van der Waals surface area contributed by atoms with Gasteiger partial charge in [0.2, 0.25) is 0 Å². The van der Waals surface area contributed by atoms with E-state index in [1.54, 1.807) is 18.2 Å². The van der Waals surface area contributed by atoms with E-state index in [0.29, 0.717) is 24.0 Å². The average molecular weight is 514 g/mol. The summed E-state index contributed by atoms with van der Waals surface area (Å²) in [5, 5.41) is 3.32. The van der Waals surface area contributed by atoms with Gasteiger partial charge >= 0.3 is 12.7 Å². The average Bonchev–Trinajstić information content (AvgIpc) is 2.84. The normalized spacial score (nSPS) is 14.7. The van der Waals surface area contributed by atoms with Gasteiger partial charge in [-0.25, -0.2) is 0 Å². The van der Waals surface area contributed by atoms with Crippen molar-refractivity contribution in [3.63, 3.8) is 0 Å². The summed E-state index contributed by atoms with van der Waals surface area (Å²) in [6.07, 6.45) is -8.39. The number of rotatable bonds is 4. The molecule has 3 aromatic rings. The second-order valence-electron chi connectivity index (χ2n) is 7.26. The standard InChI is InChI=1S/C23H17F6NO2.2C2H6/c24-22(25,26)31-16-6-1-4-14(12-16)18-8-3-9-21-19(18)10-11-20(30-21)15-5-2-7-17(13-15)32-23(27,28)29;2*1-2/h1-9,12-13,20,30H,10-11H2;2*1-2H3. The molecule has 0 bridgehead atoms. The van der Waals surface area contributed by atoms with Gasteiger partial charge in [-0.2, -0.15) is 0 Å². The van der Waals surface area contributed by atoms with E-state index in [2.05, 4.69) is 14.8 Å². The molecule has 0 amide bonds. The molecule has 1 aliphatic heterocycles. The third-order valence-electron chi connectivity index (χ3n) is 5.06. The molecule has 9 heteroatoms. The molecular formula is C27H29F6NO2. The summed E-state index contributed by atoms with van der Waals surface area (Å²) in [4.78, 5) is 0. The number of anilines is 1. The summed E-state index contributed by atoms with van der Waals surface area (Å²) < 4.78 is 83.3. The molecule has 0 aliphatic carbocycles. The van der Waals surface area contributed by atoms with E-state index in [1.807, 2.05) is 39.8 Å². The SMILES string of the molecule is CC.CC.FC(F)(F)Oc1cccc(-c2cccc3c2CCC(c2cccc(OC(F)(F)F)c2)N3)c1. The maximum atomic E-state index is 12.6. The van der Waals surface area contributed by atoms with Crippen LogP contribution in [0.3, 0.4) is 0 Å². The summed E-state index contributed by atoms with van der Waals surface area (Å²) in [5.41, 5.74) is 3.65. The Balaban J connectivity index is 0.00000109. The maximum absolute atomic E-state index is 12.6. The Hall–Kier alpha value is -3.36. The number of ether oxygens (including phenoxy) is 2. The number of alkyl halides is 6. The predicted octanol–water partition coefficient (Wildman–Crippen LogP) is 9.30. The fourth-order valence-corrected chi connectivity index (χ4v) is 3.85. The van der Waals surface area contributed by atoms with Gasteiger partial charge in [0.1, 0.15) is 11.5 Å². The number of benzene rings is 3. The molecule has 0 saturated carbocycles. The van der Waals surface area contributed by atoms with Crippen molar-refractivity contribution < 1.29 is 35.8 Å². The van der Waals surface area contributed by atoms with Gasteiger partial charge < -0.3 is 14.8 Å². The minimum absolute atomic E-state index is 0.241. The minimum Gasteiger partial charge on any atom is -0.406 e. The fraction of sp³-hybridized carbons (Fsp3) is 0.333. The zero-order valence-electron chi connectivity index (χ0n) is 20.4. The van der Waals surface area contributed by atoms with Crippen molar-refractivity contribution >= 4 is 5.69 Å². The number of fused-ring (bicyclic) bond motifs is 1. The summed E-state index contributed by atoms with van der Waals surface area (Å²) in [5.74, 6) is -0.603. The van der Waals surface area contributed by atoms with Crippen molar-refractivity contribution in [3.05, 3.63) is 77.9 Å². The summed E-state index contributed by atoms with van der Waals surface area (Å²) >= 11 is 0. The molecular weight excluding hydrogens is 484 g/mol. The molecule has 4 rings (SSSR count). The van der Waals surface area contributed by atoms with Crippen molar-refractivity contribution in [2.75, 3.05) is 5.32 Å². The lowest BCUT2D eigenvalue weighted by atomic mass is 9.88. The van der Waals surface area contributed by atoms with Gasteiger partial charge in [-0.05, 0) is 65.4 Å². The fourth-order valence-electron chi connectivity index (χ4n) is 3.85. The van der Waals surface area contributed by atoms with Gasteiger partial charge in [-0.3, -0.25) is 0 Å². The first-order valence-corrected chi connectivity index (χ1v) is 11.7. The van der Waals surface area contributed by atoms with Gasteiger partial charge in [0.25, 0.3) is 0 Å². The van der Waals surface area contributed by atoms with Crippen LogP contribution in [0.1, 0.15) is 51.3 Å². The molecule has 0 saturated heterocycles. The molecule has 3 nitrogen and oxygen atoms in total. The Bertz CT molecular complexity index is 1110. The Morgan fingerprint density at radius 3 is 1.89 bits per heavy atom. The third-order valence-corrected chi connectivity index (χ3v) is 5.06. The van der Waals surface area contributed by atoms with Gasteiger partial charge in [-0.15, -0.1) is 26.3 Å². The zero-order chi connectivity index (χ0) is 26.9. The van der Waals surface area contributed by atoms with Crippen molar-refractivity contribution in [1.82, 2.24) is 0 Å². The monoisotopic (exact) mass is 513 g/mol. The number of nitrogens with one attached hydrogen (secondary N) is 1. The minimum atomic E-state index is -4.78. The lowest BCUT2D eigenvalue weighted by Crippen LogP contribution is -2.20. The molecule has 0 fully saturated rings. The van der Waals surface area contributed by atoms with E-state index in [9.17, 15) is 26.3 Å². The first-order chi connectivity index (χ1) is 17.1. The van der Waals surface area contributed by atoms with Gasteiger partial charge in [-0.1, -0.05) is 64.1 Å². The lowest BCUT2D eigenvalue weighted by molar-refractivity contribution is -0.275. The lowest BCUT2D eigenvalue weighted by Gasteiger charge is -2.29. The van der Waals surface area contributed by atoms with Gasteiger partial charge in [0.05, 0.1) is 6.04 Å². The molecule has 36 heavy (non-hydrogen) atoms. The van der Waals surface area contributed by atoms with E-state index >= 15 is 0 Å². The van der Waals surface area contributed by atoms with Crippen LogP contribution in [0.25, 0.3) is 11.1 Å². The van der Waals surface area contributed by atoms with E-state index in [-0.39, 0.29) is 17.5 Å². The van der Waals surface area contributed by atoms with Crippen LogP contribution in [0.5, 0.6) is 11.5 Å². The van der Waals surface area contributed by atoms with E-state index < -0.39 is 12.7 Å². The first kappa shape index (κ1) is 28.9. The Morgan fingerprint density at radius 1 is 0.722 bits per heavy atom. The maximum Gasteiger partial charge on any atom is 0.573 e. The van der Waals surface area contributed by atoms with E-state index in [4.69, 9.17) is 0 Å². The van der Waals surface area contributed by atoms with Crippen LogP contribution in [-0.2, 0) is 6.42 Å². The van der Waals surface area contributed by atoms with Crippen molar-refractivity contribution in [1.29, 1.82) is 0 Å². The third kappa shape index (κ3) is 8.10. The van der Waals surface area contributed by atoms with Crippen LogP contribution < -0.4 is 14.8 Å². The highest BCUT2D eigenvalue weighted by Crippen LogP contribution is 2.40. The second-order valence-corrected chi connectivity index (χ2v) is 7.26.